The molecule has 1 aliphatic heterocycles. The average molecular weight is 250 g/mol. The number of likely N-dealkylation sites (N-methyl/N-ethyl adjacent to an activating group) is 1. The lowest BCUT2D eigenvalue weighted by atomic mass is 10.2. The highest BCUT2D eigenvalue weighted by atomic mass is 16.3. The van der Waals surface area contributed by atoms with E-state index in [2.05, 4.69) is 34.0 Å². The summed E-state index contributed by atoms with van der Waals surface area (Å²) < 4.78 is 0. The number of aromatic nitrogens is 2. The van der Waals surface area contributed by atoms with Crippen molar-refractivity contribution in [1.29, 1.82) is 0 Å². The van der Waals surface area contributed by atoms with Crippen LogP contribution < -0.4 is 4.90 Å². The molecule has 0 aromatic carbocycles. The van der Waals surface area contributed by atoms with Gasteiger partial charge in [-0.3, -0.25) is 0 Å². The maximum Gasteiger partial charge on any atom is 0.151 e. The second-order valence-electron chi connectivity index (χ2n) is 4.91. The third-order valence-electron chi connectivity index (χ3n) is 3.54. The number of nitrogens with zero attached hydrogens (tertiary/aromatic N) is 4. The molecule has 2 rings (SSSR count). The molecule has 18 heavy (non-hydrogen) atoms. The van der Waals surface area contributed by atoms with Gasteiger partial charge in [0.15, 0.2) is 5.82 Å². The molecule has 1 N–H and O–H groups in total. The predicted octanol–water partition coefficient (Wildman–Crippen LogP) is 0.889. The van der Waals surface area contributed by atoms with Crippen LogP contribution in [0.5, 0.6) is 0 Å². The zero-order valence-electron chi connectivity index (χ0n) is 11.2. The van der Waals surface area contributed by atoms with Crippen LogP contribution in [0.3, 0.4) is 0 Å². The first-order chi connectivity index (χ1) is 8.74. The molecule has 1 fully saturated rings. The summed E-state index contributed by atoms with van der Waals surface area (Å²) in [6.07, 6.45) is 2.25. The van der Waals surface area contributed by atoms with Crippen LogP contribution in [0.15, 0.2) is 12.1 Å². The fraction of sp³-hybridized carbons (Fsp3) is 0.692. The molecular formula is C13H22N4O. The Balaban J connectivity index is 2.17. The van der Waals surface area contributed by atoms with Crippen molar-refractivity contribution in [3.63, 3.8) is 0 Å². The van der Waals surface area contributed by atoms with E-state index in [4.69, 9.17) is 5.11 Å². The van der Waals surface area contributed by atoms with Gasteiger partial charge in [0.05, 0.1) is 12.3 Å². The van der Waals surface area contributed by atoms with E-state index in [1.54, 1.807) is 0 Å². The van der Waals surface area contributed by atoms with Crippen molar-refractivity contribution in [3.8, 4) is 0 Å². The lowest BCUT2D eigenvalue weighted by Gasteiger charge is -2.30. The molecule has 0 bridgehead atoms. The van der Waals surface area contributed by atoms with Crippen LogP contribution in [0.4, 0.5) is 5.82 Å². The van der Waals surface area contributed by atoms with Crippen LogP contribution in [0.1, 0.15) is 25.5 Å². The van der Waals surface area contributed by atoms with Gasteiger partial charge >= 0.3 is 0 Å². The summed E-state index contributed by atoms with van der Waals surface area (Å²) in [5.41, 5.74) is 0.624. The summed E-state index contributed by atoms with van der Waals surface area (Å²) in [6, 6.07) is 4.31. The summed E-state index contributed by atoms with van der Waals surface area (Å²) in [4.78, 5) is 4.72. The maximum atomic E-state index is 8.99. The molecule has 0 spiro atoms. The van der Waals surface area contributed by atoms with Crippen LogP contribution in [0, 0.1) is 0 Å². The topological polar surface area (TPSA) is 52.5 Å². The van der Waals surface area contributed by atoms with Crippen molar-refractivity contribution in [2.24, 2.45) is 0 Å². The van der Waals surface area contributed by atoms with E-state index in [0.717, 1.165) is 38.3 Å². The minimum atomic E-state index is -0.0484. The molecule has 1 atom stereocenters. The van der Waals surface area contributed by atoms with Gasteiger partial charge in [-0.15, -0.1) is 5.10 Å². The van der Waals surface area contributed by atoms with Crippen molar-refractivity contribution in [3.05, 3.63) is 17.8 Å². The molecule has 100 valence electrons. The van der Waals surface area contributed by atoms with E-state index in [1.165, 1.54) is 0 Å². The Bertz CT molecular complexity index is 368. The van der Waals surface area contributed by atoms with Gasteiger partial charge in [0, 0.05) is 19.1 Å². The Labute approximate surface area is 108 Å². The normalized spacial score (nSPS) is 21.9. The lowest BCUT2D eigenvalue weighted by Crippen LogP contribution is -2.40. The molecule has 1 saturated heterocycles. The third-order valence-corrected chi connectivity index (χ3v) is 3.54. The van der Waals surface area contributed by atoms with E-state index >= 15 is 0 Å². The number of hydrogen-bond donors (Lipinski definition) is 1. The highest BCUT2D eigenvalue weighted by Gasteiger charge is 2.23. The Kier molecular flexibility index (Phi) is 4.49. The Hall–Kier alpha value is -1.20. The molecule has 1 aromatic heterocycles. The molecule has 5 heteroatoms. The highest BCUT2D eigenvalue weighted by molar-refractivity contribution is 5.39. The molecule has 2 heterocycles. The minimum absolute atomic E-state index is 0.0484. The van der Waals surface area contributed by atoms with Crippen LogP contribution in [-0.2, 0) is 6.61 Å². The average Bonchev–Trinajstić information content (AvgIpc) is 2.60. The molecule has 1 aliphatic rings. The largest absolute Gasteiger partial charge is 0.390 e. The van der Waals surface area contributed by atoms with E-state index in [1.807, 2.05) is 12.1 Å². The summed E-state index contributed by atoms with van der Waals surface area (Å²) in [5, 5.41) is 17.3. The van der Waals surface area contributed by atoms with Gasteiger partial charge in [-0.05, 0) is 38.6 Å². The Morgan fingerprint density at radius 2 is 2.17 bits per heavy atom. The van der Waals surface area contributed by atoms with Crippen molar-refractivity contribution >= 4 is 5.82 Å². The van der Waals surface area contributed by atoms with E-state index in [-0.39, 0.29) is 6.61 Å². The second-order valence-corrected chi connectivity index (χ2v) is 4.91. The van der Waals surface area contributed by atoms with Gasteiger partial charge in [0.25, 0.3) is 0 Å². The summed E-state index contributed by atoms with van der Waals surface area (Å²) in [6.45, 7) is 5.39. The molecule has 0 amide bonds. The third kappa shape index (κ3) is 2.97. The van der Waals surface area contributed by atoms with Gasteiger partial charge in [-0.2, -0.15) is 5.10 Å². The summed E-state index contributed by atoms with van der Waals surface area (Å²) >= 11 is 0. The first kappa shape index (κ1) is 13.2. The molecule has 1 unspecified atom stereocenters. The van der Waals surface area contributed by atoms with Crippen LogP contribution >= 0.6 is 0 Å². The SMILES string of the molecule is CCC1CN(C)CCCN1c1ccc(CO)nn1. The van der Waals surface area contributed by atoms with Gasteiger partial charge in [0.1, 0.15) is 0 Å². The fourth-order valence-corrected chi connectivity index (χ4v) is 2.48. The van der Waals surface area contributed by atoms with Crippen LogP contribution in [-0.4, -0.2) is 52.9 Å². The van der Waals surface area contributed by atoms with E-state index < -0.39 is 0 Å². The maximum absolute atomic E-state index is 8.99. The van der Waals surface area contributed by atoms with Crippen molar-refractivity contribution in [1.82, 2.24) is 15.1 Å². The number of hydrogen-bond acceptors (Lipinski definition) is 5. The van der Waals surface area contributed by atoms with E-state index in [9.17, 15) is 0 Å². The quantitative estimate of drug-likeness (QED) is 0.863. The van der Waals surface area contributed by atoms with Gasteiger partial charge in [-0.1, -0.05) is 6.92 Å². The number of aliphatic hydroxyl groups excluding tert-OH is 1. The zero-order valence-corrected chi connectivity index (χ0v) is 11.2. The van der Waals surface area contributed by atoms with Gasteiger partial charge in [0.2, 0.25) is 0 Å². The molecule has 0 aliphatic carbocycles. The van der Waals surface area contributed by atoms with Crippen LogP contribution in [0.2, 0.25) is 0 Å². The van der Waals surface area contributed by atoms with Gasteiger partial charge < -0.3 is 14.9 Å². The summed E-state index contributed by atoms with van der Waals surface area (Å²) in [7, 11) is 2.17. The van der Waals surface area contributed by atoms with Gasteiger partial charge in [-0.25, -0.2) is 0 Å². The monoisotopic (exact) mass is 250 g/mol. The fourth-order valence-electron chi connectivity index (χ4n) is 2.48. The second kappa shape index (κ2) is 6.11. The standard InChI is InChI=1S/C13H22N4O/c1-3-12-9-16(2)7-4-8-17(12)13-6-5-11(10-18)14-15-13/h5-6,12,18H,3-4,7-10H2,1-2H3. The number of aliphatic hydroxyl groups is 1. The number of rotatable bonds is 3. The first-order valence-corrected chi connectivity index (χ1v) is 6.63. The van der Waals surface area contributed by atoms with Crippen molar-refractivity contribution in [2.45, 2.75) is 32.4 Å². The predicted molar refractivity (Wildman–Crippen MR) is 71.5 cm³/mol. The molecule has 0 saturated carbocycles. The molecule has 1 aromatic rings. The molecule has 0 radical (unpaired) electrons. The van der Waals surface area contributed by atoms with Crippen molar-refractivity contribution < 1.29 is 5.11 Å². The number of anilines is 1. The Morgan fingerprint density at radius 1 is 1.33 bits per heavy atom. The molecule has 5 nitrogen and oxygen atoms in total. The van der Waals surface area contributed by atoms with E-state index in [0.29, 0.717) is 11.7 Å². The molecular weight excluding hydrogens is 228 g/mol. The first-order valence-electron chi connectivity index (χ1n) is 6.63. The highest BCUT2D eigenvalue weighted by Crippen LogP contribution is 2.19. The lowest BCUT2D eigenvalue weighted by molar-refractivity contribution is 0.275. The Morgan fingerprint density at radius 3 is 2.78 bits per heavy atom. The minimum Gasteiger partial charge on any atom is -0.390 e. The smallest absolute Gasteiger partial charge is 0.151 e. The zero-order chi connectivity index (χ0) is 13.0. The van der Waals surface area contributed by atoms with Crippen molar-refractivity contribution in [2.75, 3.05) is 31.6 Å². The summed E-state index contributed by atoms with van der Waals surface area (Å²) in [5.74, 6) is 0.925. The van der Waals surface area contributed by atoms with Crippen LogP contribution in [0.25, 0.3) is 0 Å².